The van der Waals surface area contributed by atoms with Gasteiger partial charge >= 0.3 is 5.97 Å². The van der Waals surface area contributed by atoms with Gasteiger partial charge in [-0.15, -0.1) is 0 Å². The van der Waals surface area contributed by atoms with E-state index in [4.69, 9.17) is 5.11 Å². The zero-order valence-corrected chi connectivity index (χ0v) is 5.59. The number of carboxylic acid groups (broad SMARTS) is 1. The molecule has 5 heteroatoms. The first-order valence-corrected chi connectivity index (χ1v) is 2.67. The van der Waals surface area contributed by atoms with E-state index >= 15 is 0 Å². The number of amides is 1. The fourth-order valence-corrected chi connectivity index (χ4v) is 0.303. The largest absolute Gasteiger partial charge is 0.480 e. The quantitative estimate of drug-likeness (QED) is 0.525. The molecule has 0 aliphatic heterocycles. The molecule has 0 saturated heterocycles. The van der Waals surface area contributed by atoms with Crippen LogP contribution in [0.5, 0.6) is 0 Å². The summed E-state index contributed by atoms with van der Waals surface area (Å²) in [5, 5.41) is 10.3. The Bertz CT molecular complexity index is 134. The molecule has 0 saturated carbocycles. The SMILES string of the molecule is CNC(=O)COCC(=O)O. The van der Waals surface area contributed by atoms with Crippen LogP contribution in [0.2, 0.25) is 0 Å². The number of carbonyl (C=O) groups excluding carboxylic acids is 1. The third-order valence-electron chi connectivity index (χ3n) is 0.738. The summed E-state index contributed by atoms with van der Waals surface area (Å²) in [6, 6.07) is 0. The maximum atomic E-state index is 10.4. The molecule has 0 aromatic carbocycles. The van der Waals surface area contributed by atoms with Gasteiger partial charge in [0.15, 0.2) is 0 Å². The van der Waals surface area contributed by atoms with Gasteiger partial charge in [-0.1, -0.05) is 0 Å². The van der Waals surface area contributed by atoms with Crippen molar-refractivity contribution < 1.29 is 19.4 Å². The Morgan fingerprint density at radius 3 is 2.50 bits per heavy atom. The number of hydrogen-bond acceptors (Lipinski definition) is 3. The summed E-state index contributed by atoms with van der Waals surface area (Å²) in [5.74, 6) is -1.41. The zero-order chi connectivity index (χ0) is 7.98. The van der Waals surface area contributed by atoms with Crippen LogP contribution in [-0.4, -0.2) is 37.2 Å². The van der Waals surface area contributed by atoms with Gasteiger partial charge in [-0.05, 0) is 0 Å². The smallest absolute Gasteiger partial charge is 0.329 e. The predicted molar refractivity (Wildman–Crippen MR) is 32.5 cm³/mol. The Hall–Kier alpha value is -1.10. The van der Waals surface area contributed by atoms with Gasteiger partial charge in [0.25, 0.3) is 0 Å². The molecule has 0 fully saturated rings. The minimum atomic E-state index is -1.08. The lowest BCUT2D eigenvalue weighted by atomic mass is 10.6. The molecular formula is C5H9NO4. The molecule has 0 radical (unpaired) electrons. The van der Waals surface area contributed by atoms with Gasteiger partial charge in [0.1, 0.15) is 13.2 Å². The normalized spacial score (nSPS) is 8.90. The lowest BCUT2D eigenvalue weighted by Gasteiger charge is -1.97. The number of ether oxygens (including phenoxy) is 1. The standard InChI is InChI=1S/C5H9NO4/c1-6-4(7)2-10-3-5(8)9/h2-3H2,1H3,(H,6,7)(H,8,9). The predicted octanol–water partition coefficient (Wildman–Crippen LogP) is -1.17. The van der Waals surface area contributed by atoms with E-state index in [2.05, 4.69) is 10.1 Å². The molecule has 2 N–H and O–H groups in total. The molecule has 0 unspecified atom stereocenters. The van der Waals surface area contributed by atoms with E-state index in [-0.39, 0.29) is 12.5 Å². The maximum Gasteiger partial charge on any atom is 0.329 e. The molecule has 0 heterocycles. The Morgan fingerprint density at radius 2 is 2.10 bits per heavy atom. The number of rotatable bonds is 4. The summed E-state index contributed by atoms with van der Waals surface area (Å²) >= 11 is 0. The molecule has 0 aliphatic carbocycles. The van der Waals surface area contributed by atoms with Gasteiger partial charge < -0.3 is 15.2 Å². The lowest BCUT2D eigenvalue weighted by molar-refractivity contribution is -0.143. The van der Waals surface area contributed by atoms with Crippen LogP contribution in [0.3, 0.4) is 0 Å². The second-order valence-electron chi connectivity index (χ2n) is 1.56. The average Bonchev–Trinajstić information content (AvgIpc) is 1.87. The summed E-state index contributed by atoms with van der Waals surface area (Å²) < 4.78 is 4.44. The van der Waals surface area contributed by atoms with Crippen molar-refractivity contribution in [2.45, 2.75) is 0 Å². The van der Waals surface area contributed by atoms with Crippen LogP contribution in [0.15, 0.2) is 0 Å². The minimum Gasteiger partial charge on any atom is -0.480 e. The summed E-state index contributed by atoms with van der Waals surface area (Å²) in [6.07, 6.45) is 0. The van der Waals surface area contributed by atoms with Gasteiger partial charge in [-0.3, -0.25) is 4.79 Å². The second kappa shape index (κ2) is 4.75. The highest BCUT2D eigenvalue weighted by Gasteiger charge is 1.99. The van der Waals surface area contributed by atoms with E-state index < -0.39 is 12.6 Å². The van der Waals surface area contributed by atoms with Crippen LogP contribution < -0.4 is 5.32 Å². The van der Waals surface area contributed by atoms with Gasteiger partial charge in [0.2, 0.25) is 5.91 Å². The molecule has 10 heavy (non-hydrogen) atoms. The third kappa shape index (κ3) is 5.04. The van der Waals surface area contributed by atoms with Gasteiger partial charge in [-0.2, -0.15) is 0 Å². The molecule has 0 aromatic heterocycles. The topological polar surface area (TPSA) is 75.6 Å². The second-order valence-corrected chi connectivity index (χ2v) is 1.56. The van der Waals surface area contributed by atoms with Gasteiger partial charge in [-0.25, -0.2) is 4.79 Å². The number of likely N-dealkylation sites (N-methyl/N-ethyl adjacent to an activating group) is 1. The van der Waals surface area contributed by atoms with Crippen LogP contribution in [0.1, 0.15) is 0 Å². The van der Waals surface area contributed by atoms with Crippen molar-refractivity contribution in [2.75, 3.05) is 20.3 Å². The Labute approximate surface area is 58.0 Å². The summed E-state index contributed by atoms with van der Waals surface area (Å²) in [7, 11) is 1.45. The average molecular weight is 147 g/mol. The van der Waals surface area contributed by atoms with Crippen molar-refractivity contribution in [3.05, 3.63) is 0 Å². The Balaban J connectivity index is 3.20. The van der Waals surface area contributed by atoms with E-state index in [1.165, 1.54) is 7.05 Å². The number of nitrogens with one attached hydrogen (secondary N) is 1. The molecule has 0 aromatic rings. The van der Waals surface area contributed by atoms with Crippen molar-refractivity contribution >= 4 is 11.9 Å². The number of aliphatic carboxylic acids is 1. The monoisotopic (exact) mass is 147 g/mol. The van der Waals surface area contributed by atoms with E-state index in [0.29, 0.717) is 0 Å². The lowest BCUT2D eigenvalue weighted by Crippen LogP contribution is -2.24. The van der Waals surface area contributed by atoms with E-state index in [1.807, 2.05) is 0 Å². The van der Waals surface area contributed by atoms with Gasteiger partial charge in [0.05, 0.1) is 0 Å². The van der Waals surface area contributed by atoms with Crippen molar-refractivity contribution in [1.82, 2.24) is 5.32 Å². The maximum absolute atomic E-state index is 10.4. The van der Waals surface area contributed by atoms with E-state index in [1.54, 1.807) is 0 Å². The Kier molecular flexibility index (Phi) is 4.23. The fourth-order valence-electron chi connectivity index (χ4n) is 0.303. The molecule has 58 valence electrons. The zero-order valence-electron chi connectivity index (χ0n) is 5.59. The summed E-state index contributed by atoms with van der Waals surface area (Å²) in [4.78, 5) is 20.2. The fraction of sp³-hybridized carbons (Fsp3) is 0.600. The summed E-state index contributed by atoms with van der Waals surface area (Å²) in [6.45, 7) is -0.643. The third-order valence-corrected chi connectivity index (χ3v) is 0.738. The van der Waals surface area contributed by atoms with E-state index in [9.17, 15) is 9.59 Å². The van der Waals surface area contributed by atoms with Crippen LogP contribution >= 0.6 is 0 Å². The molecule has 0 spiro atoms. The molecule has 0 aliphatic rings. The molecule has 0 rings (SSSR count). The van der Waals surface area contributed by atoms with Crippen molar-refractivity contribution in [3.63, 3.8) is 0 Å². The summed E-state index contributed by atoms with van der Waals surface area (Å²) in [5.41, 5.74) is 0. The molecule has 1 amide bonds. The number of carbonyl (C=O) groups is 2. The molecule has 5 nitrogen and oxygen atoms in total. The van der Waals surface area contributed by atoms with Crippen molar-refractivity contribution in [1.29, 1.82) is 0 Å². The molecular weight excluding hydrogens is 138 g/mol. The first-order valence-electron chi connectivity index (χ1n) is 2.67. The first-order chi connectivity index (χ1) is 4.66. The first kappa shape index (κ1) is 8.90. The van der Waals surface area contributed by atoms with Crippen molar-refractivity contribution in [2.24, 2.45) is 0 Å². The number of carboxylic acids is 1. The number of hydrogen-bond donors (Lipinski definition) is 2. The highest BCUT2D eigenvalue weighted by Crippen LogP contribution is 1.73. The van der Waals surface area contributed by atoms with Crippen LogP contribution in [0.4, 0.5) is 0 Å². The van der Waals surface area contributed by atoms with Crippen LogP contribution in [0.25, 0.3) is 0 Å². The van der Waals surface area contributed by atoms with Crippen molar-refractivity contribution in [3.8, 4) is 0 Å². The van der Waals surface area contributed by atoms with Crippen LogP contribution in [0, 0.1) is 0 Å². The highest BCUT2D eigenvalue weighted by atomic mass is 16.5. The molecule has 0 bridgehead atoms. The van der Waals surface area contributed by atoms with E-state index in [0.717, 1.165) is 0 Å². The molecule has 0 atom stereocenters. The van der Waals surface area contributed by atoms with Crippen LogP contribution in [-0.2, 0) is 14.3 Å². The van der Waals surface area contributed by atoms with Gasteiger partial charge in [0, 0.05) is 7.05 Å². The minimum absolute atomic E-state index is 0.206. The Morgan fingerprint density at radius 1 is 1.50 bits per heavy atom. The highest BCUT2D eigenvalue weighted by molar-refractivity contribution is 5.77.